The lowest BCUT2D eigenvalue weighted by Gasteiger charge is -2.43. The Balaban J connectivity index is 1.61. The maximum atomic E-state index is 13.4. The van der Waals surface area contributed by atoms with Crippen LogP contribution in [0.4, 0.5) is 17.6 Å². The zero-order valence-electron chi connectivity index (χ0n) is 14.8. The first kappa shape index (κ1) is 19.3. The van der Waals surface area contributed by atoms with E-state index in [1.54, 1.807) is 12.1 Å². The summed E-state index contributed by atoms with van der Waals surface area (Å²) in [6.07, 6.45) is -4.71. The van der Waals surface area contributed by atoms with Gasteiger partial charge in [0.2, 0.25) is 0 Å². The van der Waals surface area contributed by atoms with Crippen molar-refractivity contribution >= 4 is 0 Å². The number of nitrogens with one attached hydrogen (secondary N) is 1. The summed E-state index contributed by atoms with van der Waals surface area (Å²) in [5, 5.41) is 14.3. The molecular formula is C20H19F4NO3. The minimum Gasteiger partial charge on any atom is -0.383 e. The number of hydrogen-bond donors (Lipinski definition) is 2. The molecule has 0 aromatic heterocycles. The van der Waals surface area contributed by atoms with Crippen LogP contribution in [0.15, 0.2) is 48.5 Å². The third kappa shape index (κ3) is 3.53. The number of hydrogen-bond acceptors (Lipinski definition) is 4. The topological polar surface area (TPSA) is 50.7 Å². The molecule has 2 fully saturated rings. The molecular weight excluding hydrogens is 378 g/mol. The van der Waals surface area contributed by atoms with Crippen molar-refractivity contribution in [2.75, 3.05) is 19.8 Å². The Morgan fingerprint density at radius 1 is 1.04 bits per heavy atom. The molecule has 4 nitrogen and oxygen atoms in total. The van der Waals surface area contributed by atoms with Crippen molar-refractivity contribution in [2.24, 2.45) is 0 Å². The highest BCUT2D eigenvalue weighted by atomic mass is 19.4. The van der Waals surface area contributed by atoms with Crippen LogP contribution in [0.5, 0.6) is 0 Å². The van der Waals surface area contributed by atoms with Crippen molar-refractivity contribution in [3.8, 4) is 0 Å². The Labute approximate surface area is 159 Å². The van der Waals surface area contributed by atoms with Gasteiger partial charge in [0.25, 0.3) is 0 Å². The van der Waals surface area contributed by atoms with Gasteiger partial charge in [-0.05, 0) is 29.3 Å². The molecule has 0 bridgehead atoms. The summed E-state index contributed by atoms with van der Waals surface area (Å²) in [6.45, 7) is 0.0429. The number of aliphatic hydroxyl groups is 1. The molecule has 2 saturated heterocycles. The Bertz CT molecular complexity index is 857. The molecule has 2 aromatic carbocycles. The SMILES string of the molecule is O[C@]1(c2ccccc2C(F)(F)F)COCC2(C1)N[C@@H](c1ccc(F)cc1)CO2. The van der Waals surface area contributed by atoms with Gasteiger partial charge in [-0.1, -0.05) is 30.3 Å². The normalized spacial score (nSPS) is 30.7. The molecule has 0 amide bonds. The molecule has 0 radical (unpaired) electrons. The second-order valence-electron chi connectivity index (χ2n) is 7.30. The number of halogens is 4. The van der Waals surface area contributed by atoms with E-state index in [9.17, 15) is 22.7 Å². The van der Waals surface area contributed by atoms with E-state index in [0.717, 1.165) is 11.6 Å². The number of ether oxygens (including phenoxy) is 2. The van der Waals surface area contributed by atoms with Gasteiger partial charge in [-0.25, -0.2) is 4.39 Å². The maximum absolute atomic E-state index is 13.4. The zero-order chi connectivity index (χ0) is 20.0. The Morgan fingerprint density at radius 2 is 1.75 bits per heavy atom. The molecule has 2 heterocycles. The van der Waals surface area contributed by atoms with E-state index in [-0.39, 0.29) is 43.7 Å². The molecule has 3 atom stereocenters. The van der Waals surface area contributed by atoms with E-state index in [0.29, 0.717) is 0 Å². The van der Waals surface area contributed by atoms with Crippen molar-refractivity contribution in [3.05, 3.63) is 71.0 Å². The lowest BCUT2D eigenvalue weighted by molar-refractivity contribution is -0.198. The van der Waals surface area contributed by atoms with Crippen LogP contribution in [0.2, 0.25) is 0 Å². The van der Waals surface area contributed by atoms with Gasteiger partial charge in [0.15, 0.2) is 0 Å². The first-order valence-corrected chi connectivity index (χ1v) is 8.85. The Hall–Kier alpha value is -2.00. The summed E-state index contributed by atoms with van der Waals surface area (Å²) in [5.74, 6) is -0.364. The van der Waals surface area contributed by atoms with Gasteiger partial charge in [0.1, 0.15) is 17.1 Å². The quantitative estimate of drug-likeness (QED) is 0.762. The summed E-state index contributed by atoms with van der Waals surface area (Å²) in [5.41, 5.74) is -3.36. The molecule has 2 N–H and O–H groups in total. The summed E-state index contributed by atoms with van der Waals surface area (Å²) < 4.78 is 64.8. The maximum Gasteiger partial charge on any atom is 0.416 e. The van der Waals surface area contributed by atoms with E-state index in [2.05, 4.69) is 5.32 Å². The predicted molar refractivity (Wildman–Crippen MR) is 91.7 cm³/mol. The highest BCUT2D eigenvalue weighted by Gasteiger charge is 2.52. The van der Waals surface area contributed by atoms with Crippen LogP contribution in [0.1, 0.15) is 29.2 Å². The molecule has 4 rings (SSSR count). The highest BCUT2D eigenvalue weighted by molar-refractivity contribution is 5.36. The molecule has 8 heteroatoms. The van der Waals surface area contributed by atoms with Crippen LogP contribution < -0.4 is 5.32 Å². The zero-order valence-corrected chi connectivity index (χ0v) is 14.8. The van der Waals surface area contributed by atoms with Gasteiger partial charge >= 0.3 is 6.18 Å². The largest absolute Gasteiger partial charge is 0.416 e. The third-order valence-electron chi connectivity index (χ3n) is 5.22. The van der Waals surface area contributed by atoms with E-state index in [1.165, 1.54) is 30.3 Å². The van der Waals surface area contributed by atoms with Gasteiger partial charge in [-0.15, -0.1) is 0 Å². The van der Waals surface area contributed by atoms with Crippen molar-refractivity contribution in [1.29, 1.82) is 0 Å². The minimum atomic E-state index is -4.60. The first-order valence-electron chi connectivity index (χ1n) is 8.85. The van der Waals surface area contributed by atoms with Crippen LogP contribution in [0, 0.1) is 5.82 Å². The molecule has 28 heavy (non-hydrogen) atoms. The molecule has 0 saturated carbocycles. The smallest absolute Gasteiger partial charge is 0.383 e. The van der Waals surface area contributed by atoms with E-state index in [4.69, 9.17) is 9.47 Å². The molecule has 1 unspecified atom stereocenters. The van der Waals surface area contributed by atoms with Crippen LogP contribution in [-0.4, -0.2) is 30.7 Å². The summed E-state index contributed by atoms with van der Waals surface area (Å²) in [4.78, 5) is 0. The Kier molecular flexibility index (Phi) is 4.70. The van der Waals surface area contributed by atoms with Gasteiger partial charge in [-0.2, -0.15) is 13.2 Å². The lowest BCUT2D eigenvalue weighted by atomic mass is 9.82. The fraction of sp³-hybridized carbons (Fsp3) is 0.400. The van der Waals surface area contributed by atoms with Crippen LogP contribution in [-0.2, 0) is 21.3 Å². The highest BCUT2D eigenvalue weighted by Crippen LogP contribution is 2.44. The van der Waals surface area contributed by atoms with E-state index >= 15 is 0 Å². The van der Waals surface area contributed by atoms with E-state index in [1.807, 2.05) is 0 Å². The Morgan fingerprint density at radius 3 is 2.46 bits per heavy atom. The fourth-order valence-corrected chi connectivity index (χ4v) is 3.97. The van der Waals surface area contributed by atoms with Crippen LogP contribution in [0.25, 0.3) is 0 Å². The van der Waals surface area contributed by atoms with Crippen molar-refractivity contribution in [1.82, 2.24) is 5.32 Å². The number of benzene rings is 2. The van der Waals surface area contributed by atoms with Gasteiger partial charge < -0.3 is 14.6 Å². The summed E-state index contributed by atoms with van der Waals surface area (Å²) in [6, 6.07) is 10.5. The number of rotatable bonds is 2. The first-order chi connectivity index (χ1) is 13.2. The van der Waals surface area contributed by atoms with Crippen LogP contribution in [0.3, 0.4) is 0 Å². The number of alkyl halides is 3. The van der Waals surface area contributed by atoms with Gasteiger partial charge in [-0.3, -0.25) is 5.32 Å². The van der Waals surface area contributed by atoms with Gasteiger partial charge in [0, 0.05) is 6.42 Å². The molecule has 0 aliphatic carbocycles. The monoisotopic (exact) mass is 397 g/mol. The van der Waals surface area contributed by atoms with Crippen molar-refractivity contribution in [3.63, 3.8) is 0 Å². The lowest BCUT2D eigenvalue weighted by Crippen LogP contribution is -2.57. The van der Waals surface area contributed by atoms with Gasteiger partial charge in [0.05, 0.1) is 31.4 Å². The third-order valence-corrected chi connectivity index (χ3v) is 5.22. The van der Waals surface area contributed by atoms with Crippen molar-refractivity contribution in [2.45, 2.75) is 30.0 Å². The van der Waals surface area contributed by atoms with Crippen LogP contribution >= 0.6 is 0 Å². The predicted octanol–water partition coefficient (Wildman–Crippen LogP) is 3.51. The molecule has 2 aromatic rings. The second kappa shape index (κ2) is 6.81. The molecule has 150 valence electrons. The fourth-order valence-electron chi connectivity index (χ4n) is 3.97. The minimum absolute atomic E-state index is 0.0845. The van der Waals surface area contributed by atoms with E-state index < -0.39 is 23.1 Å². The standard InChI is InChI=1S/C20H19F4NO3/c21-14-7-5-13(6-8-14)17-9-28-19(25-17)10-18(26,11-27-12-19)15-3-1-2-4-16(15)20(22,23)24/h1-8,17,25-26H,9-12H2/t17-,18+,19?/m1/s1. The summed E-state index contributed by atoms with van der Waals surface area (Å²) >= 11 is 0. The average Bonchev–Trinajstić information content (AvgIpc) is 3.04. The molecule has 2 aliphatic rings. The van der Waals surface area contributed by atoms with Crippen molar-refractivity contribution < 1.29 is 32.1 Å². The second-order valence-corrected chi connectivity index (χ2v) is 7.30. The average molecular weight is 397 g/mol. The molecule has 1 spiro atoms. The molecule has 2 aliphatic heterocycles. The summed E-state index contributed by atoms with van der Waals surface area (Å²) in [7, 11) is 0.